The van der Waals surface area contributed by atoms with Gasteiger partial charge in [0.25, 0.3) is 0 Å². The first kappa shape index (κ1) is 20.2. The van der Waals surface area contributed by atoms with Crippen LogP contribution in [0.4, 0.5) is 5.69 Å². The molecule has 1 heterocycles. The van der Waals surface area contributed by atoms with Gasteiger partial charge < -0.3 is 10.1 Å². The first-order valence-corrected chi connectivity index (χ1v) is 9.98. The molecule has 0 spiro atoms. The number of benzene rings is 2. The molecule has 0 bridgehead atoms. The monoisotopic (exact) mass is 378 g/mol. The fraction of sp³-hybridized carbons (Fsp3) is 0.375. The molecular weight excluding hydrogens is 348 g/mol. The average Bonchev–Trinajstić information content (AvgIpc) is 2.74. The van der Waals surface area contributed by atoms with Crippen LogP contribution in [-0.2, 0) is 4.79 Å². The van der Waals surface area contributed by atoms with E-state index in [1.807, 2.05) is 48.5 Å². The number of hydrogen-bond acceptors (Lipinski definition) is 3. The molecule has 0 radical (unpaired) electrons. The van der Waals surface area contributed by atoms with Crippen molar-refractivity contribution in [3.8, 4) is 16.9 Å². The Morgan fingerprint density at radius 1 is 1.14 bits per heavy atom. The Labute approximate surface area is 168 Å². The Bertz CT molecular complexity index is 836. The standard InChI is InChI=1S/C24H30N2O2/c1-4-18(2)17-26-13-11-19(12-14-26)24(27)25-22-9-5-7-20(15-22)21-8-6-10-23(16-21)28-3/h4-10,15-16,19H,11-14,17H2,1-3H3,(H,25,27)/b18-4+. The molecule has 4 heteroatoms. The summed E-state index contributed by atoms with van der Waals surface area (Å²) in [6, 6.07) is 16.0. The van der Waals surface area contributed by atoms with Gasteiger partial charge in [-0.15, -0.1) is 0 Å². The second-order valence-electron chi connectivity index (χ2n) is 7.49. The van der Waals surface area contributed by atoms with Gasteiger partial charge in [0.15, 0.2) is 0 Å². The smallest absolute Gasteiger partial charge is 0.227 e. The van der Waals surface area contributed by atoms with Crippen molar-refractivity contribution >= 4 is 11.6 Å². The van der Waals surface area contributed by atoms with Gasteiger partial charge in [-0.05, 0) is 75.2 Å². The van der Waals surface area contributed by atoms with Crippen molar-refractivity contribution in [3.63, 3.8) is 0 Å². The van der Waals surface area contributed by atoms with Crippen molar-refractivity contribution in [1.82, 2.24) is 4.90 Å². The van der Waals surface area contributed by atoms with Gasteiger partial charge in [0.2, 0.25) is 5.91 Å². The molecule has 1 amide bonds. The van der Waals surface area contributed by atoms with E-state index in [1.165, 1.54) is 5.57 Å². The van der Waals surface area contributed by atoms with Crippen LogP contribution in [0.15, 0.2) is 60.2 Å². The molecule has 1 N–H and O–H groups in total. The Kier molecular flexibility index (Phi) is 6.88. The molecule has 1 fully saturated rings. The summed E-state index contributed by atoms with van der Waals surface area (Å²) in [6.07, 6.45) is 3.99. The zero-order valence-electron chi connectivity index (χ0n) is 17.1. The van der Waals surface area contributed by atoms with E-state index in [0.717, 1.165) is 55.0 Å². The van der Waals surface area contributed by atoms with Crippen molar-refractivity contribution in [3.05, 3.63) is 60.2 Å². The first-order valence-electron chi connectivity index (χ1n) is 9.98. The number of allylic oxidation sites excluding steroid dienone is 1. The highest BCUT2D eigenvalue weighted by molar-refractivity contribution is 5.93. The molecular formula is C24H30N2O2. The number of anilines is 1. The molecule has 4 nitrogen and oxygen atoms in total. The number of methoxy groups -OCH3 is 1. The normalized spacial score (nSPS) is 16.0. The highest BCUT2D eigenvalue weighted by Gasteiger charge is 2.25. The summed E-state index contributed by atoms with van der Waals surface area (Å²) in [7, 11) is 1.67. The number of nitrogens with zero attached hydrogens (tertiary/aromatic N) is 1. The summed E-state index contributed by atoms with van der Waals surface area (Å²) in [5.41, 5.74) is 4.37. The fourth-order valence-corrected chi connectivity index (χ4v) is 3.62. The van der Waals surface area contributed by atoms with E-state index in [-0.39, 0.29) is 11.8 Å². The van der Waals surface area contributed by atoms with Crippen LogP contribution in [-0.4, -0.2) is 37.6 Å². The van der Waals surface area contributed by atoms with Crippen LogP contribution in [0.5, 0.6) is 5.75 Å². The molecule has 2 aromatic carbocycles. The third kappa shape index (κ3) is 5.23. The molecule has 0 atom stereocenters. The van der Waals surface area contributed by atoms with Crippen molar-refractivity contribution in [2.24, 2.45) is 5.92 Å². The van der Waals surface area contributed by atoms with Gasteiger partial charge in [-0.1, -0.05) is 35.9 Å². The maximum Gasteiger partial charge on any atom is 0.227 e. The molecule has 3 rings (SSSR count). The number of carbonyl (C=O) groups is 1. The van der Waals surface area contributed by atoms with Gasteiger partial charge >= 0.3 is 0 Å². The molecule has 0 aliphatic carbocycles. The fourth-order valence-electron chi connectivity index (χ4n) is 3.62. The van der Waals surface area contributed by atoms with Crippen molar-refractivity contribution in [2.75, 3.05) is 32.1 Å². The summed E-state index contributed by atoms with van der Waals surface area (Å²) in [5.74, 6) is 1.04. The van der Waals surface area contributed by atoms with E-state index >= 15 is 0 Å². The third-order valence-corrected chi connectivity index (χ3v) is 5.46. The predicted octanol–water partition coefficient (Wildman–Crippen LogP) is 4.98. The highest BCUT2D eigenvalue weighted by Crippen LogP contribution is 2.27. The molecule has 0 aromatic heterocycles. The van der Waals surface area contributed by atoms with Crippen LogP contribution in [0.1, 0.15) is 26.7 Å². The van der Waals surface area contributed by atoms with Gasteiger partial charge in [-0.25, -0.2) is 0 Å². The molecule has 0 saturated carbocycles. The number of nitrogens with one attached hydrogen (secondary N) is 1. The minimum Gasteiger partial charge on any atom is -0.497 e. The zero-order valence-corrected chi connectivity index (χ0v) is 17.1. The molecule has 1 aliphatic heterocycles. The molecule has 1 aliphatic rings. The number of ether oxygens (including phenoxy) is 1. The Morgan fingerprint density at radius 3 is 2.50 bits per heavy atom. The van der Waals surface area contributed by atoms with Gasteiger partial charge in [-0.2, -0.15) is 0 Å². The van der Waals surface area contributed by atoms with Crippen LogP contribution in [0.3, 0.4) is 0 Å². The van der Waals surface area contributed by atoms with Crippen molar-refractivity contribution in [1.29, 1.82) is 0 Å². The molecule has 1 saturated heterocycles. The lowest BCUT2D eigenvalue weighted by Crippen LogP contribution is -2.38. The number of amides is 1. The zero-order chi connectivity index (χ0) is 19.9. The lowest BCUT2D eigenvalue weighted by molar-refractivity contribution is -0.121. The lowest BCUT2D eigenvalue weighted by Gasteiger charge is -2.31. The van der Waals surface area contributed by atoms with E-state index in [9.17, 15) is 4.79 Å². The quantitative estimate of drug-likeness (QED) is 0.721. The van der Waals surface area contributed by atoms with Gasteiger partial charge in [-0.3, -0.25) is 9.69 Å². The largest absolute Gasteiger partial charge is 0.497 e. The summed E-state index contributed by atoms with van der Waals surface area (Å²) in [5, 5.41) is 3.12. The van der Waals surface area contributed by atoms with Gasteiger partial charge in [0.05, 0.1) is 7.11 Å². The number of carbonyl (C=O) groups excluding carboxylic acids is 1. The number of likely N-dealkylation sites (tertiary alicyclic amines) is 1. The third-order valence-electron chi connectivity index (χ3n) is 5.46. The molecule has 2 aromatic rings. The summed E-state index contributed by atoms with van der Waals surface area (Å²) in [6.45, 7) is 7.21. The highest BCUT2D eigenvalue weighted by atomic mass is 16.5. The Morgan fingerprint density at radius 2 is 1.82 bits per heavy atom. The van der Waals surface area contributed by atoms with E-state index in [2.05, 4.69) is 30.1 Å². The SMILES string of the molecule is C/C=C(\C)CN1CCC(C(=O)Nc2cccc(-c3cccc(OC)c3)c2)CC1. The van der Waals surface area contributed by atoms with Crippen molar-refractivity contribution < 1.29 is 9.53 Å². The summed E-state index contributed by atoms with van der Waals surface area (Å²) < 4.78 is 5.31. The molecule has 28 heavy (non-hydrogen) atoms. The minimum absolute atomic E-state index is 0.0858. The van der Waals surface area contributed by atoms with Crippen LogP contribution in [0.25, 0.3) is 11.1 Å². The lowest BCUT2D eigenvalue weighted by atomic mass is 9.95. The van der Waals surface area contributed by atoms with E-state index in [4.69, 9.17) is 4.74 Å². The Balaban J connectivity index is 1.60. The van der Waals surface area contributed by atoms with Crippen molar-refractivity contribution in [2.45, 2.75) is 26.7 Å². The summed E-state index contributed by atoms with van der Waals surface area (Å²) in [4.78, 5) is 15.2. The van der Waals surface area contributed by atoms with E-state index < -0.39 is 0 Å². The predicted molar refractivity (Wildman–Crippen MR) is 116 cm³/mol. The van der Waals surface area contributed by atoms with Crippen LogP contribution < -0.4 is 10.1 Å². The van der Waals surface area contributed by atoms with Gasteiger partial charge in [0.1, 0.15) is 5.75 Å². The van der Waals surface area contributed by atoms with Crippen LogP contribution in [0, 0.1) is 5.92 Å². The maximum atomic E-state index is 12.7. The maximum absolute atomic E-state index is 12.7. The molecule has 148 valence electrons. The topological polar surface area (TPSA) is 41.6 Å². The second-order valence-corrected chi connectivity index (χ2v) is 7.49. The number of piperidine rings is 1. The Hall–Kier alpha value is -2.59. The van der Waals surface area contributed by atoms with E-state index in [0.29, 0.717) is 0 Å². The number of hydrogen-bond donors (Lipinski definition) is 1. The minimum atomic E-state index is 0.0858. The second kappa shape index (κ2) is 9.56. The average molecular weight is 379 g/mol. The van der Waals surface area contributed by atoms with Gasteiger partial charge in [0, 0.05) is 18.2 Å². The van der Waals surface area contributed by atoms with E-state index in [1.54, 1.807) is 7.11 Å². The van der Waals surface area contributed by atoms with Crippen LogP contribution in [0.2, 0.25) is 0 Å². The first-order chi connectivity index (χ1) is 13.6. The molecule has 0 unspecified atom stereocenters. The summed E-state index contributed by atoms with van der Waals surface area (Å²) >= 11 is 0. The van der Waals surface area contributed by atoms with Crippen LogP contribution >= 0.6 is 0 Å². The number of rotatable bonds is 6.